The topological polar surface area (TPSA) is 112 Å². The molecule has 1 saturated carbocycles. The summed E-state index contributed by atoms with van der Waals surface area (Å²) in [5.41, 5.74) is 3.30. The van der Waals surface area contributed by atoms with E-state index in [2.05, 4.69) is 29.1 Å². The Balaban J connectivity index is 1.36. The maximum Gasteiger partial charge on any atom is 0.331 e. The van der Waals surface area contributed by atoms with E-state index in [1.807, 2.05) is 0 Å². The van der Waals surface area contributed by atoms with Crippen LogP contribution in [0.1, 0.15) is 53.7 Å². The molecule has 2 heterocycles. The summed E-state index contributed by atoms with van der Waals surface area (Å²) in [7, 11) is -3.55. The van der Waals surface area contributed by atoms with Crippen molar-refractivity contribution in [3.05, 3.63) is 45.8 Å². The molecule has 4 N–H and O–H groups in total. The minimum absolute atomic E-state index is 0.182. The number of aryl methyl sites for hydroxylation is 1. The lowest BCUT2D eigenvalue weighted by Crippen LogP contribution is -2.45. The monoisotopic (exact) mass is 461 g/mol. The number of amides is 2. The fourth-order valence-electron chi connectivity index (χ4n) is 4.54. The van der Waals surface area contributed by atoms with E-state index in [1.54, 1.807) is 6.07 Å². The van der Waals surface area contributed by atoms with Gasteiger partial charge in [-0.25, -0.2) is 18.5 Å². The van der Waals surface area contributed by atoms with E-state index in [9.17, 15) is 14.1 Å². The number of anilines is 1. The lowest BCUT2D eigenvalue weighted by atomic mass is 9.91. The predicted octanol–water partition coefficient (Wildman–Crippen LogP) is 4.11. The highest BCUT2D eigenvalue weighted by Crippen LogP contribution is 2.46. The number of carbonyl (C=O) groups excluding carboxylic acids is 1. The standard InChI is InChI=1S/C22H27N3O4S2/c1-13(14-5-6-14)16-8-7-15-3-2-4-17(15)20(16)24-21(26)25-31(23,28)19-10-9-18(30-19)22(27)11-29-12-22/h7-10,13-14,27H,2-6,11-12H2,1H3,(H3,23,24,25,26,28). The predicted molar refractivity (Wildman–Crippen MR) is 120 cm³/mol. The molecule has 31 heavy (non-hydrogen) atoms. The molecule has 1 aromatic carbocycles. The summed E-state index contributed by atoms with van der Waals surface area (Å²) in [6.07, 6.45) is 5.41. The normalized spacial score (nSPS) is 22.1. The number of hydrogen-bond acceptors (Lipinski definition) is 6. The van der Waals surface area contributed by atoms with Gasteiger partial charge in [0.2, 0.25) is 0 Å². The first-order valence-electron chi connectivity index (χ1n) is 10.7. The smallest absolute Gasteiger partial charge is 0.331 e. The molecule has 2 amide bonds. The Morgan fingerprint density at radius 3 is 2.74 bits per heavy atom. The van der Waals surface area contributed by atoms with Gasteiger partial charge in [-0.3, -0.25) is 0 Å². The van der Waals surface area contributed by atoms with E-state index in [0.29, 0.717) is 16.7 Å². The first-order chi connectivity index (χ1) is 14.8. The van der Waals surface area contributed by atoms with Gasteiger partial charge in [0.25, 0.3) is 0 Å². The zero-order valence-corrected chi connectivity index (χ0v) is 19.0. The van der Waals surface area contributed by atoms with Crippen LogP contribution in [0.15, 0.2) is 28.5 Å². The van der Waals surface area contributed by atoms with Crippen LogP contribution in [-0.2, 0) is 33.1 Å². The third-order valence-electron chi connectivity index (χ3n) is 6.61. The van der Waals surface area contributed by atoms with Gasteiger partial charge in [0.15, 0.2) is 9.92 Å². The number of carbonyl (C=O) groups is 1. The first-order valence-corrected chi connectivity index (χ1v) is 13.1. The maximum atomic E-state index is 13.0. The van der Waals surface area contributed by atoms with Crippen molar-refractivity contribution in [2.75, 3.05) is 18.5 Å². The van der Waals surface area contributed by atoms with Crippen molar-refractivity contribution in [3.8, 4) is 0 Å². The molecule has 2 atom stereocenters. The van der Waals surface area contributed by atoms with Crippen molar-refractivity contribution in [2.45, 2.75) is 54.8 Å². The number of fused-ring (bicyclic) bond motifs is 1. The van der Waals surface area contributed by atoms with Gasteiger partial charge in [0.1, 0.15) is 9.81 Å². The van der Waals surface area contributed by atoms with Crippen LogP contribution >= 0.6 is 11.3 Å². The van der Waals surface area contributed by atoms with Gasteiger partial charge < -0.3 is 15.2 Å². The summed E-state index contributed by atoms with van der Waals surface area (Å²) in [4.78, 5) is 13.4. The Bertz CT molecular complexity index is 1130. The first kappa shape index (κ1) is 20.9. The summed E-state index contributed by atoms with van der Waals surface area (Å²) in [6.45, 7) is 2.56. The van der Waals surface area contributed by atoms with Crippen LogP contribution in [0.2, 0.25) is 0 Å². The Hall–Kier alpha value is -1.94. The van der Waals surface area contributed by atoms with E-state index < -0.39 is 21.5 Å². The molecule has 2 aromatic rings. The molecule has 2 unspecified atom stereocenters. The SMILES string of the molecule is CC(c1ccc2c(c1NC(=O)NS(=N)(=O)c1ccc(C3(O)COC3)s1)CCC2)C1CC1. The number of benzene rings is 1. The Labute approximate surface area is 186 Å². The summed E-state index contributed by atoms with van der Waals surface area (Å²) < 4.78 is 28.9. The molecule has 3 aliphatic rings. The van der Waals surface area contributed by atoms with Crippen LogP contribution in [0.5, 0.6) is 0 Å². The highest BCUT2D eigenvalue weighted by molar-refractivity contribution is 7.93. The number of aliphatic hydroxyl groups is 1. The molecule has 2 fully saturated rings. The molecule has 166 valence electrons. The molecule has 1 aliphatic heterocycles. The molecule has 1 saturated heterocycles. The summed E-state index contributed by atoms with van der Waals surface area (Å²) in [5, 5.41) is 13.3. The highest BCUT2D eigenvalue weighted by Gasteiger charge is 2.40. The van der Waals surface area contributed by atoms with Crippen molar-refractivity contribution >= 4 is 33.0 Å². The van der Waals surface area contributed by atoms with E-state index in [1.165, 1.54) is 30.0 Å². The van der Waals surface area contributed by atoms with E-state index in [4.69, 9.17) is 9.52 Å². The van der Waals surface area contributed by atoms with Gasteiger partial charge in [0, 0.05) is 10.6 Å². The van der Waals surface area contributed by atoms with Gasteiger partial charge in [-0.15, -0.1) is 11.3 Å². The number of nitrogens with one attached hydrogen (secondary N) is 3. The second kappa shape index (κ2) is 7.58. The maximum absolute atomic E-state index is 13.0. The van der Waals surface area contributed by atoms with Gasteiger partial charge in [-0.1, -0.05) is 19.1 Å². The molecule has 7 nitrogen and oxygen atoms in total. The van der Waals surface area contributed by atoms with Crippen LogP contribution in [0, 0.1) is 10.7 Å². The van der Waals surface area contributed by atoms with E-state index in [0.717, 1.165) is 41.9 Å². The fraction of sp³-hybridized carbons (Fsp3) is 0.500. The van der Waals surface area contributed by atoms with Crippen molar-refractivity contribution in [1.29, 1.82) is 4.78 Å². The molecule has 9 heteroatoms. The zero-order chi connectivity index (χ0) is 21.8. The third kappa shape index (κ3) is 3.88. The van der Waals surface area contributed by atoms with E-state index in [-0.39, 0.29) is 17.4 Å². The van der Waals surface area contributed by atoms with E-state index >= 15 is 0 Å². The Kier molecular flexibility index (Phi) is 5.12. The minimum atomic E-state index is -3.55. The second-order valence-corrected chi connectivity index (χ2v) is 12.0. The summed E-state index contributed by atoms with van der Waals surface area (Å²) in [6, 6.07) is 6.84. The van der Waals surface area contributed by atoms with Crippen LogP contribution in [0.25, 0.3) is 0 Å². The molecule has 1 aromatic heterocycles. The van der Waals surface area contributed by atoms with Crippen LogP contribution in [-0.4, -0.2) is 28.6 Å². The Morgan fingerprint density at radius 2 is 2.06 bits per heavy atom. The van der Waals surface area contributed by atoms with Gasteiger partial charge in [0.05, 0.1) is 13.2 Å². The molecular weight excluding hydrogens is 434 g/mol. The zero-order valence-electron chi connectivity index (χ0n) is 17.4. The fourth-order valence-corrected chi connectivity index (χ4v) is 6.88. The number of hydrogen-bond donors (Lipinski definition) is 4. The number of urea groups is 1. The average molecular weight is 462 g/mol. The van der Waals surface area contributed by atoms with Crippen molar-refractivity contribution in [2.24, 2.45) is 5.92 Å². The molecule has 0 radical (unpaired) electrons. The average Bonchev–Trinajstić information content (AvgIpc) is 3.22. The van der Waals surface area contributed by atoms with Gasteiger partial charge in [-0.05, 0) is 72.8 Å². The van der Waals surface area contributed by atoms with Crippen molar-refractivity contribution in [3.63, 3.8) is 0 Å². The number of thiophene rings is 1. The van der Waals surface area contributed by atoms with Crippen LogP contribution in [0.3, 0.4) is 0 Å². The van der Waals surface area contributed by atoms with Crippen molar-refractivity contribution in [1.82, 2.24) is 4.72 Å². The van der Waals surface area contributed by atoms with Crippen LogP contribution in [0.4, 0.5) is 10.5 Å². The quantitative estimate of drug-likeness (QED) is 0.519. The molecular formula is C22H27N3O4S2. The van der Waals surface area contributed by atoms with Crippen LogP contribution < -0.4 is 10.0 Å². The second-order valence-electron chi connectivity index (χ2n) is 8.90. The molecule has 0 bridgehead atoms. The molecule has 5 rings (SSSR count). The van der Waals surface area contributed by atoms with Gasteiger partial charge >= 0.3 is 6.03 Å². The molecule has 0 spiro atoms. The lowest BCUT2D eigenvalue weighted by molar-refractivity contribution is -0.182. The molecule has 2 aliphatic carbocycles. The number of ether oxygens (including phenoxy) is 1. The summed E-state index contributed by atoms with van der Waals surface area (Å²) in [5.74, 6) is 1.00. The Morgan fingerprint density at radius 1 is 1.29 bits per heavy atom. The van der Waals surface area contributed by atoms with Crippen molar-refractivity contribution < 1.29 is 18.8 Å². The highest BCUT2D eigenvalue weighted by atomic mass is 32.2. The third-order valence-corrected chi connectivity index (χ3v) is 9.82. The lowest BCUT2D eigenvalue weighted by Gasteiger charge is -2.35. The van der Waals surface area contributed by atoms with Gasteiger partial charge in [-0.2, -0.15) is 0 Å². The number of rotatable bonds is 6. The largest absolute Gasteiger partial charge is 0.379 e. The minimum Gasteiger partial charge on any atom is -0.379 e. The summed E-state index contributed by atoms with van der Waals surface area (Å²) >= 11 is 1.08.